The summed E-state index contributed by atoms with van der Waals surface area (Å²) in [5.74, 6) is -1.43. The number of azo groups is 1. The molecule has 0 aromatic rings. The van der Waals surface area contributed by atoms with Crippen molar-refractivity contribution in [3.63, 3.8) is 0 Å². The van der Waals surface area contributed by atoms with Gasteiger partial charge in [0.1, 0.15) is 16.6 Å². The van der Waals surface area contributed by atoms with E-state index < -0.39 is 22.5 Å². The van der Waals surface area contributed by atoms with Crippen LogP contribution in [0.15, 0.2) is 43.2 Å². The summed E-state index contributed by atoms with van der Waals surface area (Å²) in [6, 6.07) is 0. The van der Waals surface area contributed by atoms with Gasteiger partial charge in [0.05, 0.1) is 11.0 Å². The second-order valence-electron chi connectivity index (χ2n) is 3.21. The van der Waals surface area contributed by atoms with Gasteiger partial charge in [0.15, 0.2) is 0 Å². The molecular formula is C8H4BrClFN3O2. The van der Waals surface area contributed by atoms with E-state index in [2.05, 4.69) is 26.2 Å². The zero-order valence-corrected chi connectivity index (χ0v) is 10.00. The van der Waals surface area contributed by atoms with Gasteiger partial charge in [-0.2, -0.15) is 0 Å². The molecule has 0 radical (unpaired) electrons. The van der Waals surface area contributed by atoms with Crippen LogP contribution in [0.2, 0.25) is 0 Å². The number of hydrogen-bond acceptors (Lipinski definition) is 4. The molecule has 0 bridgehead atoms. The van der Waals surface area contributed by atoms with Crippen molar-refractivity contribution in [3.8, 4) is 0 Å². The Kier molecular flexibility index (Phi) is 2.90. The van der Waals surface area contributed by atoms with Crippen molar-refractivity contribution in [1.82, 2.24) is 0 Å². The highest BCUT2D eigenvalue weighted by Crippen LogP contribution is 2.42. The van der Waals surface area contributed by atoms with E-state index in [1.807, 2.05) is 0 Å². The molecule has 0 amide bonds. The fourth-order valence-electron chi connectivity index (χ4n) is 1.44. The molecule has 2 rings (SSSR count). The number of halogens is 3. The summed E-state index contributed by atoms with van der Waals surface area (Å²) in [5, 5.41) is 17.5. The zero-order chi connectivity index (χ0) is 11.9. The normalized spacial score (nSPS) is 24.4. The lowest BCUT2D eigenvalue weighted by Gasteiger charge is -2.20. The number of nitrogens with zero attached hydrogens (tertiary/aromatic N) is 3. The summed E-state index contributed by atoms with van der Waals surface area (Å²) >= 11 is 8.88. The van der Waals surface area contributed by atoms with Crippen molar-refractivity contribution >= 4 is 27.5 Å². The largest absolute Gasteiger partial charge is 0.405 e. The van der Waals surface area contributed by atoms with Crippen LogP contribution in [-0.4, -0.2) is 4.92 Å². The first-order valence-corrected chi connectivity index (χ1v) is 5.39. The maximum Gasteiger partial charge on any atom is 0.405 e. The van der Waals surface area contributed by atoms with Crippen LogP contribution in [0.3, 0.4) is 0 Å². The van der Waals surface area contributed by atoms with Gasteiger partial charge in [0.25, 0.3) is 0 Å². The third-order valence-electron chi connectivity index (χ3n) is 2.23. The summed E-state index contributed by atoms with van der Waals surface area (Å²) in [6.07, 6.45) is 1.38. The van der Waals surface area contributed by atoms with Crippen LogP contribution >= 0.6 is 27.5 Å². The highest BCUT2D eigenvalue weighted by molar-refractivity contribution is 9.11. The topological polar surface area (TPSA) is 67.9 Å². The lowest BCUT2D eigenvalue weighted by molar-refractivity contribution is -0.428. The molecule has 16 heavy (non-hydrogen) atoms. The molecule has 84 valence electrons. The summed E-state index contributed by atoms with van der Waals surface area (Å²) < 4.78 is 13.5. The van der Waals surface area contributed by atoms with Gasteiger partial charge >= 0.3 is 5.82 Å². The molecule has 0 aromatic carbocycles. The van der Waals surface area contributed by atoms with Crippen LogP contribution < -0.4 is 0 Å². The molecule has 1 atom stereocenters. The minimum absolute atomic E-state index is 0.0179. The molecule has 1 heterocycles. The predicted octanol–water partition coefficient (Wildman–Crippen LogP) is 3.62. The quantitative estimate of drug-likeness (QED) is 0.548. The van der Waals surface area contributed by atoms with E-state index in [1.54, 1.807) is 0 Å². The standard InChI is InChI=1S/C8H4BrClFN3O2/c9-4-1-3-6(2-5(4)11)12-13-8(7(3)10)14(15)16/h2-3H,1H2. The molecule has 0 N–H and O–H groups in total. The Morgan fingerprint density at radius 1 is 1.62 bits per heavy atom. The minimum atomic E-state index is -0.703. The average Bonchev–Trinajstić information content (AvgIpc) is 2.21. The van der Waals surface area contributed by atoms with Gasteiger partial charge in [-0.05, 0) is 16.5 Å². The second-order valence-corrected chi connectivity index (χ2v) is 4.57. The Bertz CT molecular complexity index is 498. The number of fused-ring (bicyclic) bond motifs is 1. The van der Waals surface area contributed by atoms with Crippen LogP contribution in [0.1, 0.15) is 6.42 Å². The second kappa shape index (κ2) is 4.06. The van der Waals surface area contributed by atoms with Crippen molar-refractivity contribution in [2.24, 2.45) is 16.1 Å². The van der Waals surface area contributed by atoms with Gasteiger partial charge in [-0.1, -0.05) is 27.5 Å². The molecule has 0 spiro atoms. The van der Waals surface area contributed by atoms with E-state index in [-0.39, 0.29) is 11.5 Å². The maximum atomic E-state index is 13.2. The smallest absolute Gasteiger partial charge is 0.358 e. The van der Waals surface area contributed by atoms with Crippen molar-refractivity contribution in [2.45, 2.75) is 6.42 Å². The van der Waals surface area contributed by atoms with Crippen molar-refractivity contribution in [2.75, 3.05) is 0 Å². The highest BCUT2D eigenvalue weighted by Gasteiger charge is 2.36. The van der Waals surface area contributed by atoms with Crippen LogP contribution in [0, 0.1) is 16.0 Å². The van der Waals surface area contributed by atoms with Crippen molar-refractivity contribution in [3.05, 3.63) is 43.0 Å². The lowest BCUT2D eigenvalue weighted by atomic mass is 9.95. The fourth-order valence-corrected chi connectivity index (χ4v) is 2.17. The number of allylic oxidation sites excluding steroid dienone is 4. The predicted molar refractivity (Wildman–Crippen MR) is 58.0 cm³/mol. The third-order valence-corrected chi connectivity index (χ3v) is 3.36. The van der Waals surface area contributed by atoms with E-state index in [0.29, 0.717) is 10.2 Å². The first-order chi connectivity index (χ1) is 7.50. The molecule has 2 aliphatic rings. The molecule has 1 aliphatic carbocycles. The first-order valence-electron chi connectivity index (χ1n) is 4.22. The average molecular weight is 308 g/mol. The molecule has 0 saturated heterocycles. The molecule has 0 saturated carbocycles. The maximum absolute atomic E-state index is 13.2. The van der Waals surface area contributed by atoms with Crippen LogP contribution in [-0.2, 0) is 0 Å². The molecule has 5 nitrogen and oxygen atoms in total. The van der Waals surface area contributed by atoms with Gasteiger partial charge in [-0.3, -0.25) is 0 Å². The number of hydrogen-bond donors (Lipinski definition) is 0. The summed E-state index contributed by atoms with van der Waals surface area (Å²) in [5.41, 5.74) is 0.302. The number of rotatable bonds is 1. The van der Waals surface area contributed by atoms with Crippen molar-refractivity contribution in [1.29, 1.82) is 0 Å². The molecule has 0 aromatic heterocycles. The van der Waals surface area contributed by atoms with E-state index in [4.69, 9.17) is 11.6 Å². The molecular weight excluding hydrogens is 304 g/mol. The fraction of sp³-hybridized carbons (Fsp3) is 0.250. The summed E-state index contributed by atoms with van der Waals surface area (Å²) in [4.78, 5) is 9.87. The Morgan fingerprint density at radius 3 is 2.94 bits per heavy atom. The van der Waals surface area contributed by atoms with Crippen LogP contribution in [0.25, 0.3) is 0 Å². The van der Waals surface area contributed by atoms with Crippen LogP contribution in [0.4, 0.5) is 4.39 Å². The third kappa shape index (κ3) is 1.80. The summed E-state index contributed by atoms with van der Waals surface area (Å²) in [7, 11) is 0. The van der Waals surface area contributed by atoms with E-state index in [0.717, 1.165) is 0 Å². The first kappa shape index (κ1) is 11.4. The Balaban J connectivity index is 2.45. The lowest BCUT2D eigenvalue weighted by Crippen LogP contribution is -2.15. The zero-order valence-electron chi connectivity index (χ0n) is 7.65. The highest BCUT2D eigenvalue weighted by atomic mass is 79.9. The van der Waals surface area contributed by atoms with Gasteiger partial charge in [0, 0.05) is 10.6 Å². The monoisotopic (exact) mass is 307 g/mol. The van der Waals surface area contributed by atoms with Crippen molar-refractivity contribution < 1.29 is 9.31 Å². The minimum Gasteiger partial charge on any atom is -0.358 e. The molecule has 0 fully saturated rings. The SMILES string of the molecule is O=[N+]([O-])C1=C(Cl)C2CC(Br)=C(F)C=C2N=N1. The Labute approximate surface area is 103 Å². The van der Waals surface area contributed by atoms with Gasteiger partial charge < -0.3 is 10.1 Å². The Hall–Kier alpha value is -1.08. The Morgan fingerprint density at radius 2 is 2.31 bits per heavy atom. The van der Waals surface area contributed by atoms with E-state index in [1.165, 1.54) is 6.08 Å². The van der Waals surface area contributed by atoms with Gasteiger partial charge in [-0.25, -0.2) is 4.39 Å². The van der Waals surface area contributed by atoms with Gasteiger partial charge in [0.2, 0.25) is 0 Å². The van der Waals surface area contributed by atoms with E-state index in [9.17, 15) is 14.5 Å². The van der Waals surface area contributed by atoms with Gasteiger partial charge in [-0.15, -0.1) is 0 Å². The number of nitro groups is 1. The molecule has 1 unspecified atom stereocenters. The van der Waals surface area contributed by atoms with E-state index >= 15 is 0 Å². The van der Waals surface area contributed by atoms with Crippen LogP contribution in [0.5, 0.6) is 0 Å². The molecule has 8 heteroatoms. The molecule has 1 aliphatic heterocycles. The summed E-state index contributed by atoms with van der Waals surface area (Å²) in [6.45, 7) is 0.